The van der Waals surface area contributed by atoms with E-state index in [1.54, 1.807) is 41.5 Å². The second kappa shape index (κ2) is 12.8. The van der Waals surface area contributed by atoms with Gasteiger partial charge < -0.3 is 34.4 Å². The summed E-state index contributed by atoms with van der Waals surface area (Å²) in [5.74, 6) is -0.860. The van der Waals surface area contributed by atoms with E-state index in [1.807, 2.05) is 0 Å². The first-order valence-corrected chi connectivity index (χ1v) is 10.0. The second-order valence-corrected chi connectivity index (χ2v) is 9.31. The molecular weight excluding hydrogens is 394 g/mol. The van der Waals surface area contributed by atoms with Crippen LogP contribution in [0, 0.1) is 6.57 Å². The number of hydrogen-bond acceptors (Lipinski definition) is 8. The highest BCUT2D eigenvalue weighted by molar-refractivity contribution is 5.70. The van der Waals surface area contributed by atoms with Gasteiger partial charge in [0.25, 0.3) is 0 Å². The third-order valence-corrected chi connectivity index (χ3v) is 3.43. The van der Waals surface area contributed by atoms with Gasteiger partial charge in [0.05, 0.1) is 37.8 Å². The lowest BCUT2D eigenvalue weighted by Gasteiger charge is -2.20. The van der Waals surface area contributed by atoms with E-state index in [9.17, 15) is 24.9 Å². The third-order valence-electron chi connectivity index (χ3n) is 3.43. The predicted octanol–water partition coefficient (Wildman–Crippen LogP) is 1.62. The van der Waals surface area contributed by atoms with Crippen LogP contribution in [-0.4, -0.2) is 76.0 Å². The summed E-state index contributed by atoms with van der Waals surface area (Å²) >= 11 is 0. The Morgan fingerprint density at radius 2 is 1.40 bits per heavy atom. The van der Waals surface area contributed by atoms with Crippen molar-refractivity contribution in [2.24, 2.45) is 0 Å². The number of esters is 2. The van der Waals surface area contributed by atoms with Crippen LogP contribution in [0.4, 0.5) is 0 Å². The number of carbonyl (C=O) groups is 2. The van der Waals surface area contributed by atoms with Crippen molar-refractivity contribution in [3.05, 3.63) is 11.4 Å². The summed E-state index contributed by atoms with van der Waals surface area (Å²) in [4.78, 5) is 25.5. The summed E-state index contributed by atoms with van der Waals surface area (Å²) in [7, 11) is 0. The number of hydrogen-bond donors (Lipinski definition) is 3. The van der Waals surface area contributed by atoms with Gasteiger partial charge in [-0.05, 0) is 41.5 Å². The molecule has 0 spiro atoms. The maximum atomic E-state index is 11.3. The highest BCUT2D eigenvalue weighted by Crippen LogP contribution is 2.18. The molecule has 0 unspecified atom stereocenters. The molecule has 0 aromatic carbocycles. The lowest BCUT2D eigenvalue weighted by atomic mass is 10.1. The van der Waals surface area contributed by atoms with Crippen molar-refractivity contribution in [1.29, 1.82) is 0 Å². The molecule has 1 heterocycles. The monoisotopic (exact) mass is 431 g/mol. The van der Waals surface area contributed by atoms with E-state index >= 15 is 0 Å². The molecule has 0 radical (unpaired) electrons. The molecule has 30 heavy (non-hydrogen) atoms. The fourth-order valence-electron chi connectivity index (χ4n) is 2.32. The number of epoxide rings is 1. The molecule has 1 rings (SSSR count). The number of rotatable bonds is 9. The Kier molecular flexibility index (Phi) is 12.1. The largest absolute Gasteiger partial charge is 0.460 e. The molecule has 1 aliphatic rings. The fourth-order valence-corrected chi connectivity index (χ4v) is 2.32. The molecule has 0 aromatic rings. The van der Waals surface area contributed by atoms with Gasteiger partial charge in [0.2, 0.25) is 6.54 Å². The quantitative estimate of drug-likeness (QED) is 0.285. The van der Waals surface area contributed by atoms with E-state index in [1.165, 1.54) is 0 Å². The maximum absolute atomic E-state index is 11.3. The van der Waals surface area contributed by atoms with Crippen molar-refractivity contribution in [2.45, 2.75) is 103 Å². The Bertz CT molecular complexity index is 569. The lowest BCUT2D eigenvalue weighted by Crippen LogP contribution is -2.28. The average Bonchev–Trinajstić information content (AvgIpc) is 3.26. The van der Waals surface area contributed by atoms with Crippen LogP contribution in [-0.2, 0) is 23.8 Å². The van der Waals surface area contributed by atoms with Crippen molar-refractivity contribution in [2.75, 3.05) is 13.2 Å². The van der Waals surface area contributed by atoms with Crippen molar-refractivity contribution in [3.8, 4) is 0 Å². The van der Waals surface area contributed by atoms with E-state index in [4.69, 9.17) is 20.8 Å². The first-order chi connectivity index (χ1) is 13.6. The summed E-state index contributed by atoms with van der Waals surface area (Å²) in [6, 6.07) is 0. The standard InChI is InChI=1S/C11H19NO4.C10H18O4/c1-11(2,3)16-10(15)6-8(13)5-9(14)7-12-4;1-10(2,3)14-9(12)5-7(11)4-8-6-13-8/h8-9,13-14H,5-7H2,1-3H3;7-8,11H,4-6H2,1-3H3/t8-,9+;7-,8+/m11/s1. The Balaban J connectivity index is 0.000000564. The Labute approximate surface area is 179 Å². The van der Waals surface area contributed by atoms with Crippen LogP contribution < -0.4 is 0 Å². The molecule has 9 heteroatoms. The van der Waals surface area contributed by atoms with Crippen LogP contribution in [0.25, 0.3) is 4.85 Å². The zero-order valence-electron chi connectivity index (χ0n) is 18.9. The van der Waals surface area contributed by atoms with Crippen LogP contribution in [0.15, 0.2) is 0 Å². The summed E-state index contributed by atoms with van der Waals surface area (Å²) in [6.45, 7) is 17.8. The van der Waals surface area contributed by atoms with Crippen LogP contribution in [0.2, 0.25) is 0 Å². The van der Waals surface area contributed by atoms with Crippen LogP contribution >= 0.6 is 0 Å². The van der Waals surface area contributed by atoms with E-state index in [2.05, 4.69) is 4.85 Å². The van der Waals surface area contributed by atoms with E-state index in [0.29, 0.717) is 13.0 Å². The second-order valence-electron chi connectivity index (χ2n) is 9.31. The molecule has 9 nitrogen and oxygen atoms in total. The number of aliphatic hydroxyl groups excluding tert-OH is 3. The van der Waals surface area contributed by atoms with Crippen LogP contribution in [0.1, 0.15) is 67.2 Å². The van der Waals surface area contributed by atoms with Crippen LogP contribution in [0.5, 0.6) is 0 Å². The SMILES string of the molecule is CC(C)(C)OC(=O)C[C@H](O)C[C@H]1CO1.[C-]#[N+]C[C@@H](O)C[C@@H](O)CC(=O)OC(C)(C)C. The lowest BCUT2D eigenvalue weighted by molar-refractivity contribution is -0.158. The molecule has 0 aliphatic carbocycles. The van der Waals surface area contributed by atoms with Gasteiger partial charge >= 0.3 is 11.9 Å². The van der Waals surface area contributed by atoms with Gasteiger partial charge in [-0.3, -0.25) is 9.59 Å². The summed E-state index contributed by atoms with van der Waals surface area (Å²) in [5, 5.41) is 28.1. The van der Waals surface area contributed by atoms with Gasteiger partial charge in [-0.2, -0.15) is 0 Å². The minimum absolute atomic E-state index is 0.0155. The molecule has 0 aromatic heterocycles. The minimum atomic E-state index is -0.966. The Morgan fingerprint density at radius 1 is 0.967 bits per heavy atom. The van der Waals surface area contributed by atoms with Gasteiger partial charge in [-0.15, -0.1) is 0 Å². The predicted molar refractivity (Wildman–Crippen MR) is 109 cm³/mol. The summed E-state index contributed by atoms with van der Waals surface area (Å²) < 4.78 is 15.0. The first-order valence-electron chi connectivity index (χ1n) is 10.0. The topological polar surface area (TPSA) is 130 Å². The number of aliphatic hydroxyl groups is 3. The highest BCUT2D eigenvalue weighted by atomic mass is 16.6. The normalized spacial score (nSPS) is 18.7. The van der Waals surface area contributed by atoms with Crippen LogP contribution in [0.3, 0.4) is 0 Å². The molecule has 0 saturated carbocycles. The zero-order chi connectivity index (χ0) is 23.5. The van der Waals surface area contributed by atoms with Gasteiger partial charge in [0, 0.05) is 12.8 Å². The molecule has 0 amide bonds. The average molecular weight is 432 g/mol. The molecule has 174 valence electrons. The van der Waals surface area contributed by atoms with Crippen molar-refractivity contribution < 1.29 is 39.1 Å². The summed E-state index contributed by atoms with van der Waals surface area (Å²) in [5.41, 5.74) is -1.06. The van der Waals surface area contributed by atoms with Gasteiger partial charge in [-0.25, -0.2) is 6.57 Å². The first kappa shape index (κ1) is 28.3. The number of ether oxygens (including phenoxy) is 3. The number of carbonyl (C=O) groups excluding carboxylic acids is 2. The van der Waals surface area contributed by atoms with Crippen molar-refractivity contribution in [1.82, 2.24) is 0 Å². The number of nitrogens with zero attached hydrogens (tertiary/aromatic N) is 1. The molecule has 1 saturated heterocycles. The van der Waals surface area contributed by atoms with Gasteiger partial charge in [-0.1, -0.05) is 0 Å². The molecule has 3 N–H and O–H groups in total. The minimum Gasteiger partial charge on any atom is -0.460 e. The molecule has 1 aliphatic heterocycles. The third kappa shape index (κ3) is 18.3. The van der Waals surface area contributed by atoms with E-state index < -0.39 is 35.5 Å². The fraction of sp³-hybridized carbons (Fsp3) is 0.857. The molecular formula is C21H37NO8. The van der Waals surface area contributed by atoms with E-state index in [0.717, 1.165) is 0 Å². The smallest absolute Gasteiger partial charge is 0.308 e. The molecule has 4 atom stereocenters. The van der Waals surface area contributed by atoms with Crippen molar-refractivity contribution >= 4 is 11.9 Å². The maximum Gasteiger partial charge on any atom is 0.308 e. The molecule has 1 fully saturated rings. The van der Waals surface area contributed by atoms with E-state index in [-0.39, 0.29) is 37.9 Å². The molecule has 0 bridgehead atoms. The highest BCUT2D eigenvalue weighted by Gasteiger charge is 2.28. The Hall–Kier alpha value is -1.73. The van der Waals surface area contributed by atoms with Gasteiger partial charge in [0.1, 0.15) is 17.3 Å². The van der Waals surface area contributed by atoms with Crippen molar-refractivity contribution in [3.63, 3.8) is 0 Å². The summed E-state index contributed by atoms with van der Waals surface area (Å²) in [6.07, 6.45) is -1.92. The van der Waals surface area contributed by atoms with Gasteiger partial charge in [0.15, 0.2) is 0 Å². The Morgan fingerprint density at radius 3 is 1.77 bits per heavy atom. The zero-order valence-corrected chi connectivity index (χ0v) is 18.9.